The Morgan fingerprint density at radius 3 is 2.45 bits per heavy atom. The quantitative estimate of drug-likeness (QED) is 0.681. The van der Waals surface area contributed by atoms with Gasteiger partial charge in [-0.3, -0.25) is 4.79 Å². The van der Waals surface area contributed by atoms with Gasteiger partial charge in [-0.25, -0.2) is 4.39 Å². The normalized spacial score (nSPS) is 11.6. The van der Waals surface area contributed by atoms with Gasteiger partial charge in [0, 0.05) is 18.0 Å². The fourth-order valence-corrected chi connectivity index (χ4v) is 1.79. The number of hydrogen-bond donors (Lipinski definition) is 1. The Morgan fingerprint density at radius 2 is 1.85 bits per heavy atom. The van der Waals surface area contributed by atoms with E-state index in [1.807, 2.05) is 0 Å². The minimum Gasteiger partial charge on any atom is -0.399 e. The number of benzene rings is 1. The summed E-state index contributed by atoms with van der Waals surface area (Å²) >= 11 is 0. The second-order valence-electron chi connectivity index (χ2n) is 4.27. The van der Waals surface area contributed by atoms with E-state index in [1.54, 1.807) is 0 Å². The van der Waals surface area contributed by atoms with Crippen LogP contribution in [0.3, 0.4) is 0 Å². The van der Waals surface area contributed by atoms with E-state index in [2.05, 4.69) is 0 Å². The lowest BCUT2D eigenvalue weighted by Gasteiger charge is -2.11. The van der Waals surface area contributed by atoms with E-state index in [0.29, 0.717) is 17.8 Å². The van der Waals surface area contributed by atoms with Crippen LogP contribution in [0.1, 0.15) is 11.1 Å². The summed E-state index contributed by atoms with van der Waals surface area (Å²) in [4.78, 5) is 11.5. The molecule has 0 fully saturated rings. The Balaban J connectivity index is 2.40. The number of rotatable bonds is 2. The first-order chi connectivity index (χ1) is 9.25. The zero-order valence-electron chi connectivity index (χ0n) is 10.1. The second kappa shape index (κ2) is 4.99. The molecule has 2 aromatic rings. The van der Waals surface area contributed by atoms with Crippen molar-refractivity contribution in [3.05, 3.63) is 63.8 Å². The highest BCUT2D eigenvalue weighted by Gasteiger charge is 2.31. The molecule has 0 aliphatic carbocycles. The van der Waals surface area contributed by atoms with Gasteiger partial charge in [0.2, 0.25) is 0 Å². The third-order valence-electron chi connectivity index (χ3n) is 2.64. The van der Waals surface area contributed by atoms with Gasteiger partial charge in [-0.2, -0.15) is 13.2 Å². The molecule has 2 rings (SSSR count). The molecule has 0 bridgehead atoms. The predicted octanol–water partition coefficient (Wildman–Crippen LogP) is 2.64. The van der Waals surface area contributed by atoms with E-state index >= 15 is 0 Å². The van der Waals surface area contributed by atoms with E-state index in [-0.39, 0.29) is 12.2 Å². The summed E-state index contributed by atoms with van der Waals surface area (Å²) in [7, 11) is 0. The summed E-state index contributed by atoms with van der Waals surface area (Å²) in [5.74, 6) is -0.611. The number of aromatic nitrogens is 1. The van der Waals surface area contributed by atoms with Crippen molar-refractivity contribution in [3.63, 3.8) is 0 Å². The molecule has 7 heteroatoms. The summed E-state index contributed by atoms with van der Waals surface area (Å²) in [5, 5.41) is 0. The van der Waals surface area contributed by atoms with Crippen molar-refractivity contribution in [2.45, 2.75) is 12.7 Å². The molecule has 0 saturated carbocycles. The van der Waals surface area contributed by atoms with Crippen LogP contribution in [-0.2, 0) is 12.7 Å². The van der Waals surface area contributed by atoms with Crippen molar-refractivity contribution in [1.82, 2.24) is 4.57 Å². The number of alkyl halides is 3. The predicted molar refractivity (Wildman–Crippen MR) is 65.6 cm³/mol. The lowest BCUT2D eigenvalue weighted by molar-refractivity contribution is -0.138. The summed E-state index contributed by atoms with van der Waals surface area (Å²) in [5.41, 5.74) is 4.34. The molecular formula is C13H10F4N2O. The maximum absolute atomic E-state index is 13.2. The van der Waals surface area contributed by atoms with Gasteiger partial charge in [0.05, 0.1) is 12.1 Å². The van der Waals surface area contributed by atoms with Crippen molar-refractivity contribution in [2.24, 2.45) is 0 Å². The number of anilines is 1. The van der Waals surface area contributed by atoms with Gasteiger partial charge in [-0.05, 0) is 29.8 Å². The molecule has 0 atom stereocenters. The molecule has 1 aromatic carbocycles. The van der Waals surface area contributed by atoms with Crippen molar-refractivity contribution >= 4 is 5.69 Å². The molecule has 0 aliphatic heterocycles. The largest absolute Gasteiger partial charge is 0.417 e. The molecule has 1 aromatic heterocycles. The van der Waals surface area contributed by atoms with Crippen LogP contribution >= 0.6 is 0 Å². The Bertz CT molecular complexity index is 671. The number of pyridine rings is 1. The fourth-order valence-electron chi connectivity index (χ4n) is 1.79. The Labute approximate surface area is 111 Å². The van der Waals surface area contributed by atoms with E-state index < -0.39 is 23.1 Å². The van der Waals surface area contributed by atoms with E-state index in [0.717, 1.165) is 22.8 Å². The first-order valence-corrected chi connectivity index (χ1v) is 5.58. The van der Waals surface area contributed by atoms with Gasteiger partial charge in [-0.15, -0.1) is 0 Å². The van der Waals surface area contributed by atoms with E-state index in [1.165, 1.54) is 6.07 Å². The lowest BCUT2D eigenvalue weighted by Crippen LogP contribution is -2.22. The standard InChI is InChI=1S/C13H10F4N2O/c14-10-3-8(4-11(18)5-10)6-19-7-9(13(15,16)17)1-2-12(19)20/h1-5,7H,6,18H2. The summed E-state index contributed by atoms with van der Waals surface area (Å²) < 4.78 is 51.7. The molecule has 2 N–H and O–H groups in total. The van der Waals surface area contributed by atoms with Crippen LogP contribution in [0.25, 0.3) is 0 Å². The number of nitrogens with two attached hydrogens (primary N) is 1. The van der Waals surface area contributed by atoms with Gasteiger partial charge in [0.15, 0.2) is 0 Å². The minimum atomic E-state index is -4.55. The third kappa shape index (κ3) is 3.17. The van der Waals surface area contributed by atoms with Crippen molar-refractivity contribution in [3.8, 4) is 0 Å². The summed E-state index contributed by atoms with van der Waals surface area (Å²) in [6.07, 6.45) is -3.85. The molecule has 106 valence electrons. The van der Waals surface area contributed by atoms with Crippen LogP contribution < -0.4 is 11.3 Å². The van der Waals surface area contributed by atoms with Crippen molar-refractivity contribution in [2.75, 3.05) is 5.73 Å². The van der Waals surface area contributed by atoms with Gasteiger partial charge in [-0.1, -0.05) is 0 Å². The monoisotopic (exact) mass is 286 g/mol. The summed E-state index contributed by atoms with van der Waals surface area (Å²) in [6.45, 7) is -0.190. The Hall–Kier alpha value is -2.31. The molecule has 0 amide bonds. The van der Waals surface area contributed by atoms with E-state index in [4.69, 9.17) is 5.73 Å². The lowest BCUT2D eigenvalue weighted by atomic mass is 10.2. The zero-order valence-corrected chi connectivity index (χ0v) is 10.1. The number of hydrogen-bond acceptors (Lipinski definition) is 2. The first kappa shape index (κ1) is 14.1. The number of halogens is 4. The SMILES string of the molecule is Nc1cc(F)cc(Cn2cc(C(F)(F)F)ccc2=O)c1. The smallest absolute Gasteiger partial charge is 0.399 e. The molecule has 0 aliphatic rings. The van der Waals surface area contributed by atoms with Crippen LogP contribution in [0.5, 0.6) is 0 Å². The molecule has 1 heterocycles. The highest BCUT2D eigenvalue weighted by Crippen LogP contribution is 2.28. The van der Waals surface area contributed by atoms with Gasteiger partial charge < -0.3 is 10.3 Å². The van der Waals surface area contributed by atoms with Gasteiger partial charge in [0.25, 0.3) is 5.56 Å². The third-order valence-corrected chi connectivity index (χ3v) is 2.64. The van der Waals surface area contributed by atoms with Crippen LogP contribution in [0.15, 0.2) is 41.3 Å². The minimum absolute atomic E-state index is 0.139. The maximum Gasteiger partial charge on any atom is 0.417 e. The molecule has 0 spiro atoms. The topological polar surface area (TPSA) is 48.0 Å². The molecule has 3 nitrogen and oxygen atoms in total. The van der Waals surface area contributed by atoms with Crippen LogP contribution in [0, 0.1) is 5.82 Å². The summed E-state index contributed by atoms with van der Waals surface area (Å²) in [6, 6.07) is 5.13. The van der Waals surface area contributed by atoms with Gasteiger partial charge >= 0.3 is 6.18 Å². The second-order valence-corrected chi connectivity index (χ2v) is 4.27. The molecule has 0 unspecified atom stereocenters. The fraction of sp³-hybridized carbons (Fsp3) is 0.154. The van der Waals surface area contributed by atoms with Crippen LogP contribution in [0.4, 0.5) is 23.2 Å². The van der Waals surface area contributed by atoms with Crippen LogP contribution in [0.2, 0.25) is 0 Å². The highest BCUT2D eigenvalue weighted by molar-refractivity contribution is 5.41. The van der Waals surface area contributed by atoms with Crippen molar-refractivity contribution in [1.29, 1.82) is 0 Å². The average Bonchev–Trinajstić information content (AvgIpc) is 2.29. The molecule has 0 radical (unpaired) electrons. The first-order valence-electron chi connectivity index (χ1n) is 5.58. The average molecular weight is 286 g/mol. The van der Waals surface area contributed by atoms with E-state index in [9.17, 15) is 22.4 Å². The Morgan fingerprint density at radius 1 is 1.15 bits per heavy atom. The molecule has 0 saturated heterocycles. The van der Waals surface area contributed by atoms with Crippen molar-refractivity contribution < 1.29 is 17.6 Å². The molecule has 20 heavy (non-hydrogen) atoms. The Kier molecular flexibility index (Phi) is 3.52. The number of nitrogen functional groups attached to an aromatic ring is 1. The highest BCUT2D eigenvalue weighted by atomic mass is 19.4. The zero-order chi connectivity index (χ0) is 14.9. The molecular weight excluding hydrogens is 276 g/mol. The number of nitrogens with zero attached hydrogens (tertiary/aromatic N) is 1. The van der Waals surface area contributed by atoms with Gasteiger partial charge in [0.1, 0.15) is 5.82 Å². The maximum atomic E-state index is 13.2. The van der Waals surface area contributed by atoms with Crippen LogP contribution in [-0.4, -0.2) is 4.57 Å².